The zero-order valence-corrected chi connectivity index (χ0v) is 15.7. The van der Waals surface area contributed by atoms with Crippen LogP contribution in [0, 0.1) is 17.2 Å². The maximum absolute atomic E-state index is 11.6. The summed E-state index contributed by atoms with van der Waals surface area (Å²) in [6, 6.07) is 5.78. The van der Waals surface area contributed by atoms with E-state index in [9.17, 15) is 10.1 Å². The summed E-state index contributed by atoms with van der Waals surface area (Å²) in [5.41, 5.74) is 6.08. The predicted molar refractivity (Wildman–Crippen MR) is 98.2 cm³/mol. The highest BCUT2D eigenvalue weighted by atomic mass is 16.7. The number of fused-ring (bicyclic) bond motifs is 1. The molecule has 1 aliphatic heterocycles. The van der Waals surface area contributed by atoms with Gasteiger partial charge in [0.1, 0.15) is 30.6 Å². The van der Waals surface area contributed by atoms with E-state index in [2.05, 4.69) is 16.2 Å². The van der Waals surface area contributed by atoms with Crippen LogP contribution in [-0.2, 0) is 14.2 Å². The number of ether oxygens (including phenoxy) is 3. The minimum atomic E-state index is -1.20. The lowest BCUT2D eigenvalue weighted by molar-refractivity contribution is -0.0559. The van der Waals surface area contributed by atoms with Crippen molar-refractivity contribution in [2.45, 2.75) is 38.4 Å². The third-order valence-corrected chi connectivity index (χ3v) is 4.18. The standard InChI is InChI=1S/C17H21N5O4.2H2O/c1-11(2)7-24-16(23)25-9-17(8-18)6-5-14(26-17)12-3-4-13-15(19)20-10-21-22(12)13;;/h3-4,10-11,14H,5-7,9H2,1-2H3,(H2,19,20,21);2*1H2/t14?,17-;;/m1../s1. The van der Waals surface area contributed by atoms with Crippen molar-refractivity contribution in [3.63, 3.8) is 0 Å². The average Bonchev–Trinajstić information content (AvgIpc) is 3.23. The molecule has 0 radical (unpaired) electrons. The first-order valence-electron chi connectivity index (χ1n) is 8.41. The van der Waals surface area contributed by atoms with Crippen molar-refractivity contribution >= 4 is 17.5 Å². The number of carbonyl (C=O) groups excluding carboxylic acids is 1. The van der Waals surface area contributed by atoms with Crippen LogP contribution in [0.2, 0.25) is 0 Å². The second-order valence-electron chi connectivity index (χ2n) is 6.70. The summed E-state index contributed by atoms with van der Waals surface area (Å²) < 4.78 is 17.6. The Morgan fingerprint density at radius 3 is 2.89 bits per heavy atom. The molecular weight excluding hydrogens is 370 g/mol. The molecule has 1 unspecified atom stereocenters. The van der Waals surface area contributed by atoms with Crippen LogP contribution in [0.5, 0.6) is 0 Å². The van der Waals surface area contributed by atoms with Gasteiger partial charge in [0.25, 0.3) is 0 Å². The average molecular weight is 395 g/mol. The Hall–Kier alpha value is -2.94. The molecule has 0 aliphatic carbocycles. The molecule has 0 bridgehead atoms. The van der Waals surface area contributed by atoms with E-state index in [0.29, 0.717) is 24.2 Å². The first-order chi connectivity index (χ1) is 12.4. The smallest absolute Gasteiger partial charge is 0.434 e. The number of rotatable bonds is 5. The van der Waals surface area contributed by atoms with Crippen LogP contribution in [0.4, 0.5) is 10.6 Å². The van der Waals surface area contributed by atoms with Crippen LogP contribution in [0.1, 0.15) is 38.5 Å². The van der Waals surface area contributed by atoms with E-state index in [1.165, 1.54) is 6.33 Å². The van der Waals surface area contributed by atoms with Gasteiger partial charge in [-0.15, -0.1) is 0 Å². The maximum Gasteiger partial charge on any atom is 0.508 e. The lowest BCUT2D eigenvalue weighted by Crippen LogP contribution is -2.33. The second kappa shape index (κ2) is 9.32. The third-order valence-electron chi connectivity index (χ3n) is 4.18. The van der Waals surface area contributed by atoms with Crippen LogP contribution >= 0.6 is 0 Å². The summed E-state index contributed by atoms with van der Waals surface area (Å²) in [5.74, 6) is 0.573. The van der Waals surface area contributed by atoms with Gasteiger partial charge in [-0.1, -0.05) is 13.8 Å². The number of nitrogens with zero attached hydrogens (tertiary/aromatic N) is 4. The second-order valence-corrected chi connectivity index (χ2v) is 6.70. The number of anilines is 1. The Balaban J connectivity index is 0.00000196. The summed E-state index contributed by atoms with van der Waals surface area (Å²) in [5, 5.41) is 13.8. The van der Waals surface area contributed by atoms with Gasteiger partial charge in [-0.2, -0.15) is 10.4 Å². The normalized spacial score (nSPS) is 20.9. The van der Waals surface area contributed by atoms with Gasteiger partial charge in [0, 0.05) is 0 Å². The highest BCUT2D eigenvalue weighted by Gasteiger charge is 2.43. The van der Waals surface area contributed by atoms with E-state index in [-0.39, 0.29) is 36.2 Å². The minimum Gasteiger partial charge on any atom is -0.434 e. The van der Waals surface area contributed by atoms with Crippen molar-refractivity contribution in [2.24, 2.45) is 5.92 Å². The number of nitrogen functional groups attached to an aromatic ring is 1. The summed E-state index contributed by atoms with van der Waals surface area (Å²) in [6.45, 7) is 3.93. The van der Waals surface area contributed by atoms with Crippen molar-refractivity contribution < 1.29 is 30.0 Å². The first-order valence-corrected chi connectivity index (χ1v) is 8.41. The molecule has 1 aliphatic rings. The largest absolute Gasteiger partial charge is 0.508 e. The molecule has 2 atom stereocenters. The number of hydrogen-bond acceptors (Lipinski definition) is 8. The number of carbonyl (C=O) groups is 1. The van der Waals surface area contributed by atoms with E-state index < -0.39 is 11.8 Å². The molecule has 2 aromatic heterocycles. The third kappa shape index (κ3) is 4.66. The van der Waals surface area contributed by atoms with E-state index in [1.54, 1.807) is 10.6 Å². The summed E-state index contributed by atoms with van der Waals surface area (Å²) in [7, 11) is 0. The number of nitrogens with two attached hydrogens (primary N) is 1. The Bertz CT molecular complexity index is 848. The van der Waals surface area contributed by atoms with Crippen molar-refractivity contribution in [2.75, 3.05) is 18.9 Å². The van der Waals surface area contributed by atoms with E-state index in [4.69, 9.17) is 19.9 Å². The lowest BCUT2D eigenvalue weighted by Gasteiger charge is -2.21. The van der Waals surface area contributed by atoms with Crippen LogP contribution in [-0.4, -0.2) is 50.5 Å². The SMILES string of the molecule is CC(C)COC(=O)OC[C@]1(C#N)CCC(c2ccc3c(N)ncnn23)O1.O.O. The number of aromatic nitrogens is 3. The Labute approximate surface area is 161 Å². The van der Waals surface area contributed by atoms with Gasteiger partial charge in [0.15, 0.2) is 11.4 Å². The van der Waals surface area contributed by atoms with Gasteiger partial charge in [-0.25, -0.2) is 14.3 Å². The first kappa shape index (κ1) is 23.1. The van der Waals surface area contributed by atoms with Gasteiger partial charge in [-0.3, -0.25) is 0 Å². The number of hydrogen-bond donors (Lipinski definition) is 1. The lowest BCUT2D eigenvalue weighted by atomic mass is 10.0. The van der Waals surface area contributed by atoms with E-state index >= 15 is 0 Å². The van der Waals surface area contributed by atoms with Crippen LogP contribution in [0.3, 0.4) is 0 Å². The molecule has 3 heterocycles. The molecule has 0 amide bonds. The van der Waals surface area contributed by atoms with Crippen LogP contribution in [0.15, 0.2) is 18.5 Å². The van der Waals surface area contributed by atoms with Gasteiger partial charge >= 0.3 is 6.16 Å². The zero-order chi connectivity index (χ0) is 18.7. The van der Waals surface area contributed by atoms with Crippen molar-refractivity contribution in [3.8, 4) is 6.07 Å². The predicted octanol–water partition coefficient (Wildman–Crippen LogP) is 0.585. The van der Waals surface area contributed by atoms with Gasteiger partial charge < -0.3 is 30.9 Å². The molecule has 3 rings (SSSR count). The minimum absolute atomic E-state index is 0. The fourth-order valence-electron chi connectivity index (χ4n) is 2.85. The zero-order valence-electron chi connectivity index (χ0n) is 15.7. The quantitative estimate of drug-likeness (QED) is 0.711. The maximum atomic E-state index is 11.6. The molecule has 0 aromatic carbocycles. The summed E-state index contributed by atoms with van der Waals surface area (Å²) in [6.07, 6.45) is 1.23. The Morgan fingerprint density at radius 2 is 2.21 bits per heavy atom. The molecule has 11 nitrogen and oxygen atoms in total. The van der Waals surface area contributed by atoms with Gasteiger partial charge in [0.05, 0.1) is 12.3 Å². The monoisotopic (exact) mass is 395 g/mol. The van der Waals surface area contributed by atoms with Gasteiger partial charge in [0.2, 0.25) is 0 Å². The highest BCUT2D eigenvalue weighted by Crippen LogP contribution is 2.40. The van der Waals surface area contributed by atoms with Gasteiger partial charge in [-0.05, 0) is 30.9 Å². The molecule has 28 heavy (non-hydrogen) atoms. The molecule has 154 valence electrons. The number of nitriles is 1. The molecule has 1 fully saturated rings. The van der Waals surface area contributed by atoms with E-state index in [0.717, 1.165) is 5.69 Å². The Kier molecular flexibility index (Phi) is 7.69. The molecule has 1 saturated heterocycles. The fourth-order valence-corrected chi connectivity index (χ4v) is 2.85. The molecule has 2 aromatic rings. The van der Waals surface area contributed by atoms with Crippen LogP contribution < -0.4 is 5.73 Å². The van der Waals surface area contributed by atoms with E-state index in [1.807, 2.05) is 19.9 Å². The molecular formula is C17H25N5O6. The molecule has 6 N–H and O–H groups in total. The molecule has 0 saturated carbocycles. The topological polar surface area (TPSA) is 188 Å². The summed E-state index contributed by atoms with van der Waals surface area (Å²) >= 11 is 0. The molecule has 0 spiro atoms. The summed E-state index contributed by atoms with van der Waals surface area (Å²) in [4.78, 5) is 15.6. The molecule has 11 heteroatoms. The highest BCUT2D eigenvalue weighted by molar-refractivity contribution is 5.65. The van der Waals surface area contributed by atoms with Crippen molar-refractivity contribution in [1.29, 1.82) is 5.26 Å². The Morgan fingerprint density at radius 1 is 1.46 bits per heavy atom. The van der Waals surface area contributed by atoms with Crippen molar-refractivity contribution in [3.05, 3.63) is 24.2 Å². The van der Waals surface area contributed by atoms with Crippen LogP contribution in [0.25, 0.3) is 5.52 Å². The fraction of sp³-hybridized carbons (Fsp3) is 0.529. The van der Waals surface area contributed by atoms with Crippen molar-refractivity contribution in [1.82, 2.24) is 14.6 Å².